The highest BCUT2D eigenvalue weighted by atomic mass is 16.5. The lowest BCUT2D eigenvalue weighted by molar-refractivity contribution is 0.102. The summed E-state index contributed by atoms with van der Waals surface area (Å²) in [6.45, 7) is 2.83. The number of nitrogens with one attached hydrogen (secondary N) is 1. The first-order chi connectivity index (χ1) is 13.2. The highest BCUT2D eigenvalue weighted by Crippen LogP contribution is 2.39. The Bertz CT molecular complexity index is 766. The average Bonchev–Trinajstić information content (AvgIpc) is 2.73. The van der Waals surface area contributed by atoms with Crippen molar-refractivity contribution < 1.29 is 23.7 Å². The summed E-state index contributed by atoms with van der Waals surface area (Å²) in [5.41, 5.74) is 0.703. The molecular weight excluding hydrogens is 352 g/mol. The molecule has 1 amide bonds. The Labute approximate surface area is 157 Å². The number of nitrogens with zero attached hydrogens (tertiary/aromatic N) is 3. The predicted octanol–water partition coefficient (Wildman–Crippen LogP) is 1.59. The van der Waals surface area contributed by atoms with Gasteiger partial charge in [0.05, 0.1) is 34.5 Å². The van der Waals surface area contributed by atoms with Crippen molar-refractivity contribution in [1.29, 1.82) is 0 Å². The minimum atomic E-state index is -0.384. The van der Waals surface area contributed by atoms with Gasteiger partial charge in [-0.15, -0.1) is 10.2 Å². The van der Waals surface area contributed by atoms with E-state index in [2.05, 4.69) is 20.4 Å². The fraction of sp³-hybridized carbons (Fsp3) is 0.389. The van der Waals surface area contributed by atoms with Crippen LogP contribution in [0.5, 0.6) is 17.2 Å². The molecule has 0 unspecified atom stereocenters. The van der Waals surface area contributed by atoms with Crippen LogP contribution >= 0.6 is 0 Å². The Balaban J connectivity index is 1.75. The lowest BCUT2D eigenvalue weighted by atomic mass is 10.2. The number of methoxy groups -OCH3 is 3. The lowest BCUT2D eigenvalue weighted by Crippen LogP contribution is -2.37. The molecule has 27 heavy (non-hydrogen) atoms. The van der Waals surface area contributed by atoms with Crippen LogP contribution < -0.4 is 24.4 Å². The molecule has 0 spiro atoms. The number of anilines is 2. The normalized spacial score (nSPS) is 13.8. The number of aromatic nitrogens is 2. The van der Waals surface area contributed by atoms with Crippen LogP contribution in [0.1, 0.15) is 10.5 Å². The lowest BCUT2D eigenvalue weighted by Gasteiger charge is -2.27. The number of rotatable bonds is 6. The summed E-state index contributed by atoms with van der Waals surface area (Å²) in [5.74, 6) is 1.68. The molecule has 1 aliphatic heterocycles. The monoisotopic (exact) mass is 374 g/mol. The third-order valence-electron chi connectivity index (χ3n) is 4.14. The van der Waals surface area contributed by atoms with Gasteiger partial charge >= 0.3 is 0 Å². The van der Waals surface area contributed by atoms with E-state index in [-0.39, 0.29) is 11.6 Å². The SMILES string of the molecule is COc1cc(NC(=O)c2ccc(N3CCOCC3)nn2)cc(OC)c1OC. The zero-order valence-corrected chi connectivity index (χ0v) is 15.5. The molecule has 0 atom stereocenters. The van der Waals surface area contributed by atoms with E-state index in [1.165, 1.54) is 21.3 Å². The van der Waals surface area contributed by atoms with Crippen molar-refractivity contribution in [2.24, 2.45) is 0 Å². The molecule has 1 aliphatic rings. The molecule has 0 bridgehead atoms. The molecular formula is C18H22N4O5. The largest absolute Gasteiger partial charge is 0.493 e. The first-order valence-corrected chi connectivity index (χ1v) is 8.44. The first kappa shape index (κ1) is 18.7. The Morgan fingerprint density at radius 1 is 1.04 bits per heavy atom. The Hall–Kier alpha value is -3.07. The van der Waals surface area contributed by atoms with Gasteiger partial charge in [-0.1, -0.05) is 0 Å². The minimum absolute atomic E-state index is 0.209. The van der Waals surface area contributed by atoms with E-state index < -0.39 is 0 Å². The van der Waals surface area contributed by atoms with Crippen molar-refractivity contribution in [1.82, 2.24) is 10.2 Å². The second-order valence-electron chi connectivity index (χ2n) is 5.74. The van der Waals surface area contributed by atoms with Crippen LogP contribution in [0.3, 0.4) is 0 Å². The third kappa shape index (κ3) is 4.20. The van der Waals surface area contributed by atoms with Crippen LogP contribution in [-0.2, 0) is 4.74 Å². The van der Waals surface area contributed by atoms with Crippen LogP contribution in [-0.4, -0.2) is 63.7 Å². The number of ether oxygens (including phenoxy) is 4. The van der Waals surface area contributed by atoms with Gasteiger partial charge in [0.1, 0.15) is 0 Å². The molecule has 3 rings (SSSR count). The summed E-state index contributed by atoms with van der Waals surface area (Å²) in [6, 6.07) is 6.72. The second kappa shape index (κ2) is 8.54. The van der Waals surface area contributed by atoms with Crippen molar-refractivity contribution in [2.75, 3.05) is 57.8 Å². The summed E-state index contributed by atoms with van der Waals surface area (Å²) in [6.07, 6.45) is 0. The topological polar surface area (TPSA) is 95.0 Å². The molecule has 0 radical (unpaired) electrons. The number of morpholine rings is 1. The van der Waals surface area contributed by atoms with Gasteiger partial charge in [0.15, 0.2) is 23.0 Å². The molecule has 2 aromatic rings. The van der Waals surface area contributed by atoms with Gasteiger partial charge in [0, 0.05) is 30.9 Å². The number of benzene rings is 1. The van der Waals surface area contributed by atoms with Crippen LogP contribution in [0, 0.1) is 0 Å². The molecule has 1 N–H and O–H groups in total. The van der Waals surface area contributed by atoms with Crippen LogP contribution in [0.4, 0.5) is 11.5 Å². The Morgan fingerprint density at radius 2 is 1.70 bits per heavy atom. The van der Waals surface area contributed by atoms with Gasteiger partial charge in [0.25, 0.3) is 5.91 Å². The summed E-state index contributed by atoms with van der Waals surface area (Å²) in [4.78, 5) is 14.6. The molecule has 1 saturated heterocycles. The molecule has 1 aromatic heterocycles. The number of amides is 1. The fourth-order valence-electron chi connectivity index (χ4n) is 2.76. The number of carbonyl (C=O) groups excluding carboxylic acids is 1. The van der Waals surface area contributed by atoms with Gasteiger partial charge in [-0.2, -0.15) is 0 Å². The van der Waals surface area contributed by atoms with Crippen LogP contribution in [0.2, 0.25) is 0 Å². The van der Waals surface area contributed by atoms with Gasteiger partial charge < -0.3 is 29.2 Å². The van der Waals surface area contributed by atoms with Crippen LogP contribution in [0.15, 0.2) is 24.3 Å². The molecule has 0 saturated carbocycles. The maximum absolute atomic E-state index is 12.5. The van der Waals surface area contributed by atoms with E-state index in [0.717, 1.165) is 18.9 Å². The molecule has 1 aromatic carbocycles. The zero-order valence-electron chi connectivity index (χ0n) is 15.5. The second-order valence-corrected chi connectivity index (χ2v) is 5.74. The number of hydrogen-bond acceptors (Lipinski definition) is 8. The zero-order chi connectivity index (χ0) is 19.2. The summed E-state index contributed by atoms with van der Waals surface area (Å²) in [5, 5.41) is 11.0. The molecule has 0 aliphatic carbocycles. The quantitative estimate of drug-likeness (QED) is 0.815. The van der Waals surface area contributed by atoms with Gasteiger partial charge in [-0.05, 0) is 12.1 Å². The molecule has 9 heteroatoms. The minimum Gasteiger partial charge on any atom is -0.493 e. The Kier molecular flexibility index (Phi) is 5.92. The van der Waals surface area contributed by atoms with Gasteiger partial charge in [-0.25, -0.2) is 0 Å². The first-order valence-electron chi connectivity index (χ1n) is 8.44. The highest BCUT2D eigenvalue weighted by molar-refractivity contribution is 6.03. The number of hydrogen-bond donors (Lipinski definition) is 1. The Morgan fingerprint density at radius 3 is 2.22 bits per heavy atom. The molecule has 144 valence electrons. The standard InChI is InChI=1S/C18H22N4O5/c1-24-14-10-12(11-15(25-2)17(14)26-3)19-18(23)13-4-5-16(21-20-13)22-6-8-27-9-7-22/h4-5,10-11H,6-9H2,1-3H3,(H,19,23). The van der Waals surface area contributed by atoms with E-state index in [4.69, 9.17) is 18.9 Å². The molecule has 2 heterocycles. The van der Waals surface area contributed by atoms with Crippen molar-refractivity contribution in [2.45, 2.75) is 0 Å². The average molecular weight is 374 g/mol. The van der Waals surface area contributed by atoms with E-state index in [9.17, 15) is 4.79 Å². The fourth-order valence-corrected chi connectivity index (χ4v) is 2.76. The van der Waals surface area contributed by atoms with E-state index >= 15 is 0 Å². The predicted molar refractivity (Wildman–Crippen MR) is 99.1 cm³/mol. The number of carbonyl (C=O) groups is 1. The van der Waals surface area contributed by atoms with Crippen molar-refractivity contribution in [3.63, 3.8) is 0 Å². The smallest absolute Gasteiger partial charge is 0.276 e. The van der Waals surface area contributed by atoms with E-state index in [0.29, 0.717) is 36.1 Å². The van der Waals surface area contributed by atoms with Crippen LogP contribution in [0.25, 0.3) is 0 Å². The maximum atomic E-state index is 12.5. The molecule has 9 nitrogen and oxygen atoms in total. The van der Waals surface area contributed by atoms with Crippen molar-refractivity contribution in [3.8, 4) is 17.2 Å². The summed E-state index contributed by atoms with van der Waals surface area (Å²) < 4.78 is 21.2. The highest BCUT2D eigenvalue weighted by Gasteiger charge is 2.17. The van der Waals surface area contributed by atoms with Gasteiger partial charge in [0.2, 0.25) is 5.75 Å². The molecule has 1 fully saturated rings. The van der Waals surface area contributed by atoms with Gasteiger partial charge in [-0.3, -0.25) is 4.79 Å². The summed E-state index contributed by atoms with van der Waals surface area (Å²) >= 11 is 0. The van der Waals surface area contributed by atoms with E-state index in [1.54, 1.807) is 24.3 Å². The third-order valence-corrected chi connectivity index (χ3v) is 4.14. The van der Waals surface area contributed by atoms with Crippen molar-refractivity contribution >= 4 is 17.4 Å². The van der Waals surface area contributed by atoms with E-state index in [1.807, 2.05) is 0 Å². The van der Waals surface area contributed by atoms with Crippen molar-refractivity contribution in [3.05, 3.63) is 30.0 Å². The summed E-state index contributed by atoms with van der Waals surface area (Å²) in [7, 11) is 4.54. The maximum Gasteiger partial charge on any atom is 0.276 e.